The summed E-state index contributed by atoms with van der Waals surface area (Å²) in [4.78, 5) is -0.178. The molecular weight excluding hydrogens is 430 g/mol. The van der Waals surface area contributed by atoms with Crippen molar-refractivity contribution in [3.63, 3.8) is 0 Å². The summed E-state index contributed by atoms with van der Waals surface area (Å²) in [6, 6.07) is 5.78. The quantitative estimate of drug-likeness (QED) is 0.113. The normalized spacial score (nSPS) is 13.4. The zero-order valence-electron chi connectivity index (χ0n) is 20.4. The van der Waals surface area contributed by atoms with Gasteiger partial charge in [0.25, 0.3) is 0 Å². The Labute approximate surface area is 197 Å². The summed E-state index contributed by atoms with van der Waals surface area (Å²) in [5, 5.41) is 0. The second kappa shape index (κ2) is 17.9. The maximum atomic E-state index is 10.4. The predicted octanol–water partition coefficient (Wildman–Crippen LogP) is 6.90. The summed E-state index contributed by atoms with van der Waals surface area (Å²) < 4.78 is 32.4. The van der Waals surface area contributed by atoms with Crippen molar-refractivity contribution in [3.8, 4) is 0 Å². The molecule has 4 nitrogen and oxygen atoms in total. The molecule has 0 fully saturated rings. The van der Waals surface area contributed by atoms with E-state index in [1.165, 1.54) is 107 Å². The SMILES string of the molecule is CCCCCCCC[N+](C)(CCCCl)CCCCCC.Cc1ccc(S(=O)(=O)[O-])cc1. The summed E-state index contributed by atoms with van der Waals surface area (Å²) in [7, 11) is -1.82. The molecule has 0 heterocycles. The number of quaternary nitrogens is 1. The Bertz CT molecular complexity index is 649. The number of alkyl halides is 1. The third-order valence-electron chi connectivity index (χ3n) is 5.74. The second-order valence-electron chi connectivity index (χ2n) is 8.93. The Morgan fingerprint density at radius 1 is 0.774 bits per heavy atom. The van der Waals surface area contributed by atoms with Crippen molar-refractivity contribution in [3.05, 3.63) is 29.8 Å². The Kier molecular flexibility index (Phi) is 17.5. The van der Waals surface area contributed by atoms with Gasteiger partial charge in [-0.1, -0.05) is 70.1 Å². The van der Waals surface area contributed by atoms with E-state index in [-0.39, 0.29) is 4.90 Å². The molecule has 182 valence electrons. The van der Waals surface area contributed by atoms with Crippen LogP contribution in [0.2, 0.25) is 0 Å². The molecule has 0 N–H and O–H groups in total. The molecular formula is C25H46ClNO3S. The van der Waals surface area contributed by atoms with E-state index in [0.29, 0.717) is 0 Å². The topological polar surface area (TPSA) is 57.2 Å². The van der Waals surface area contributed by atoms with Crippen LogP contribution in [0.25, 0.3) is 0 Å². The van der Waals surface area contributed by atoms with Crippen LogP contribution in [0.1, 0.15) is 90.0 Å². The molecule has 1 aromatic carbocycles. The highest BCUT2D eigenvalue weighted by molar-refractivity contribution is 7.85. The molecule has 1 rings (SSSR count). The van der Waals surface area contributed by atoms with Crippen molar-refractivity contribution in [1.82, 2.24) is 0 Å². The first kappa shape index (κ1) is 30.4. The minimum atomic E-state index is -4.27. The van der Waals surface area contributed by atoms with Gasteiger partial charge >= 0.3 is 0 Å². The molecule has 0 spiro atoms. The largest absolute Gasteiger partial charge is 0.744 e. The van der Waals surface area contributed by atoms with Crippen LogP contribution < -0.4 is 0 Å². The van der Waals surface area contributed by atoms with Crippen LogP contribution in [0.15, 0.2) is 29.2 Å². The van der Waals surface area contributed by atoms with Crippen LogP contribution in [0.5, 0.6) is 0 Å². The first-order valence-corrected chi connectivity index (χ1v) is 14.0. The van der Waals surface area contributed by atoms with E-state index in [1.54, 1.807) is 12.1 Å². The molecule has 0 aliphatic heterocycles. The average Bonchev–Trinajstić information content (AvgIpc) is 2.73. The average molecular weight is 476 g/mol. The summed E-state index contributed by atoms with van der Waals surface area (Å²) in [6.45, 7) is 10.4. The molecule has 1 atom stereocenters. The molecule has 6 heteroatoms. The number of hydrogen-bond acceptors (Lipinski definition) is 3. The highest BCUT2D eigenvalue weighted by Crippen LogP contribution is 2.14. The monoisotopic (exact) mass is 475 g/mol. The predicted molar refractivity (Wildman–Crippen MR) is 133 cm³/mol. The maximum Gasteiger partial charge on any atom is 0.124 e. The van der Waals surface area contributed by atoms with Gasteiger partial charge in [0.1, 0.15) is 10.1 Å². The highest BCUT2D eigenvalue weighted by Gasteiger charge is 2.19. The molecule has 0 radical (unpaired) electrons. The van der Waals surface area contributed by atoms with Crippen LogP contribution in [0.4, 0.5) is 0 Å². The lowest BCUT2D eigenvalue weighted by Crippen LogP contribution is -2.46. The van der Waals surface area contributed by atoms with Crippen molar-refractivity contribution >= 4 is 21.7 Å². The van der Waals surface area contributed by atoms with Crippen molar-refractivity contribution in [2.24, 2.45) is 0 Å². The summed E-state index contributed by atoms with van der Waals surface area (Å²) in [5.41, 5.74) is 0.928. The van der Waals surface area contributed by atoms with E-state index in [4.69, 9.17) is 11.6 Å². The first-order chi connectivity index (χ1) is 14.7. The maximum absolute atomic E-state index is 10.4. The Morgan fingerprint density at radius 2 is 1.19 bits per heavy atom. The standard InChI is InChI=1S/C18H39ClN.C7H8O3S/c1-4-6-8-10-11-13-17-20(3,18-14-15-19)16-12-9-7-5-2;1-6-2-4-7(5-3-6)11(8,9)10/h4-18H2,1-3H3;2-5H,1H3,(H,8,9,10)/q+1;/p-1. The zero-order valence-corrected chi connectivity index (χ0v) is 21.9. The lowest BCUT2D eigenvalue weighted by atomic mass is 10.1. The van der Waals surface area contributed by atoms with E-state index < -0.39 is 10.1 Å². The summed E-state index contributed by atoms with van der Waals surface area (Å²) in [5.74, 6) is 0.819. The molecule has 0 bridgehead atoms. The van der Waals surface area contributed by atoms with Gasteiger partial charge in [-0.25, -0.2) is 8.42 Å². The number of nitrogens with zero attached hydrogens (tertiary/aromatic N) is 1. The van der Waals surface area contributed by atoms with E-state index in [9.17, 15) is 13.0 Å². The molecule has 0 amide bonds. The number of halogens is 1. The van der Waals surface area contributed by atoms with Gasteiger partial charge in [-0.05, 0) is 44.7 Å². The lowest BCUT2D eigenvalue weighted by molar-refractivity contribution is -0.910. The molecule has 1 aromatic rings. The van der Waals surface area contributed by atoms with Crippen molar-refractivity contribution in [2.45, 2.75) is 96.3 Å². The third kappa shape index (κ3) is 16.6. The van der Waals surface area contributed by atoms with Crippen LogP contribution >= 0.6 is 11.6 Å². The summed E-state index contributed by atoms with van der Waals surface area (Å²) in [6.07, 6.45) is 15.1. The fourth-order valence-corrected chi connectivity index (χ4v) is 4.26. The number of hydrogen-bond donors (Lipinski definition) is 0. The van der Waals surface area contributed by atoms with Crippen molar-refractivity contribution < 1.29 is 17.5 Å². The Balaban J connectivity index is 0.000000683. The van der Waals surface area contributed by atoms with Gasteiger partial charge in [-0.2, -0.15) is 0 Å². The second-order valence-corrected chi connectivity index (χ2v) is 10.7. The van der Waals surface area contributed by atoms with E-state index in [1.807, 2.05) is 6.92 Å². The number of aryl methyl sites for hydroxylation is 1. The third-order valence-corrected chi connectivity index (χ3v) is 6.86. The van der Waals surface area contributed by atoms with Gasteiger partial charge in [0.2, 0.25) is 0 Å². The van der Waals surface area contributed by atoms with E-state index in [2.05, 4.69) is 20.9 Å². The van der Waals surface area contributed by atoms with Gasteiger partial charge < -0.3 is 9.04 Å². The summed E-state index contributed by atoms with van der Waals surface area (Å²) >= 11 is 5.90. The fourth-order valence-electron chi connectivity index (χ4n) is 3.68. The molecule has 0 saturated carbocycles. The minimum absolute atomic E-state index is 0.178. The van der Waals surface area contributed by atoms with Crippen LogP contribution in [0, 0.1) is 6.92 Å². The van der Waals surface area contributed by atoms with Gasteiger partial charge in [0.05, 0.1) is 31.6 Å². The number of benzene rings is 1. The van der Waals surface area contributed by atoms with E-state index >= 15 is 0 Å². The number of rotatable bonds is 16. The molecule has 0 aliphatic carbocycles. The molecule has 1 unspecified atom stereocenters. The Morgan fingerprint density at radius 3 is 1.65 bits per heavy atom. The molecule has 0 aliphatic rings. The number of unbranched alkanes of at least 4 members (excludes halogenated alkanes) is 8. The van der Waals surface area contributed by atoms with Gasteiger partial charge in [0, 0.05) is 12.3 Å². The van der Waals surface area contributed by atoms with Crippen LogP contribution in [0.3, 0.4) is 0 Å². The van der Waals surface area contributed by atoms with Crippen LogP contribution in [-0.2, 0) is 10.1 Å². The minimum Gasteiger partial charge on any atom is -0.744 e. The fraction of sp³-hybridized carbons (Fsp3) is 0.760. The molecule has 0 saturated heterocycles. The van der Waals surface area contributed by atoms with Crippen molar-refractivity contribution in [1.29, 1.82) is 0 Å². The smallest absolute Gasteiger partial charge is 0.124 e. The van der Waals surface area contributed by atoms with Gasteiger partial charge in [-0.15, -0.1) is 11.6 Å². The van der Waals surface area contributed by atoms with Gasteiger partial charge in [-0.3, -0.25) is 0 Å². The van der Waals surface area contributed by atoms with Crippen LogP contribution in [-0.4, -0.2) is 50.0 Å². The zero-order chi connectivity index (χ0) is 23.6. The lowest BCUT2D eigenvalue weighted by Gasteiger charge is -2.35. The first-order valence-electron chi connectivity index (χ1n) is 12.1. The van der Waals surface area contributed by atoms with E-state index in [0.717, 1.165) is 11.4 Å². The molecule has 0 aromatic heterocycles. The Hall–Kier alpha value is -0.620. The van der Waals surface area contributed by atoms with Gasteiger partial charge in [0.15, 0.2) is 0 Å². The highest BCUT2D eigenvalue weighted by atomic mass is 35.5. The van der Waals surface area contributed by atoms with Crippen molar-refractivity contribution in [2.75, 3.05) is 32.6 Å². The molecule has 31 heavy (non-hydrogen) atoms.